The molecular weight excluding hydrogens is 302 g/mol. The zero-order chi connectivity index (χ0) is 16.8. The maximum absolute atomic E-state index is 12.2. The van der Waals surface area contributed by atoms with E-state index in [0.717, 1.165) is 10.5 Å². The highest BCUT2D eigenvalue weighted by Crippen LogP contribution is 2.25. The summed E-state index contributed by atoms with van der Waals surface area (Å²) in [6.45, 7) is 0.128. The standard InChI is InChI=1S/C16H19NO6/c18-14(19)8-12-6-7-13(15(20)21)17(9-12)16(22)23-10-11-4-2-1-3-5-11/h1-5,12-13H,6-10H2,(H,18,19)(H,20,21). The van der Waals surface area contributed by atoms with Crippen LogP contribution in [-0.4, -0.2) is 45.7 Å². The van der Waals surface area contributed by atoms with E-state index in [1.54, 1.807) is 12.1 Å². The van der Waals surface area contributed by atoms with Crippen LogP contribution in [0.25, 0.3) is 0 Å². The summed E-state index contributed by atoms with van der Waals surface area (Å²) in [5.41, 5.74) is 0.798. The molecule has 0 bridgehead atoms. The molecule has 2 unspecified atom stereocenters. The average molecular weight is 321 g/mol. The third-order valence-electron chi connectivity index (χ3n) is 3.87. The number of piperidine rings is 1. The summed E-state index contributed by atoms with van der Waals surface area (Å²) < 4.78 is 5.18. The minimum absolute atomic E-state index is 0.0477. The fourth-order valence-corrected chi connectivity index (χ4v) is 2.72. The molecule has 7 nitrogen and oxygen atoms in total. The summed E-state index contributed by atoms with van der Waals surface area (Å²) in [4.78, 5) is 35.5. The van der Waals surface area contributed by atoms with E-state index >= 15 is 0 Å². The second kappa shape index (κ2) is 7.62. The highest BCUT2D eigenvalue weighted by Gasteiger charge is 2.37. The average Bonchev–Trinajstić information content (AvgIpc) is 2.52. The Bertz CT molecular complexity index is 573. The van der Waals surface area contributed by atoms with E-state index in [9.17, 15) is 19.5 Å². The Morgan fingerprint density at radius 1 is 1.13 bits per heavy atom. The number of nitrogens with zero attached hydrogens (tertiary/aromatic N) is 1. The number of aliphatic carboxylic acids is 2. The first-order valence-corrected chi connectivity index (χ1v) is 7.39. The molecule has 1 aromatic carbocycles. The van der Waals surface area contributed by atoms with Crippen molar-refractivity contribution >= 4 is 18.0 Å². The first-order valence-electron chi connectivity index (χ1n) is 7.39. The Balaban J connectivity index is 2.00. The number of amides is 1. The number of carbonyl (C=O) groups excluding carboxylic acids is 1. The Morgan fingerprint density at radius 3 is 2.43 bits per heavy atom. The van der Waals surface area contributed by atoms with E-state index in [0.29, 0.717) is 6.42 Å². The number of hydrogen-bond acceptors (Lipinski definition) is 4. The van der Waals surface area contributed by atoms with Crippen LogP contribution in [0.3, 0.4) is 0 Å². The fourth-order valence-electron chi connectivity index (χ4n) is 2.72. The van der Waals surface area contributed by atoms with Crippen LogP contribution in [0.15, 0.2) is 30.3 Å². The number of likely N-dealkylation sites (tertiary alicyclic amines) is 1. The SMILES string of the molecule is O=C(O)CC1CCC(C(=O)O)N(C(=O)OCc2ccccc2)C1. The molecule has 124 valence electrons. The molecule has 2 N–H and O–H groups in total. The molecule has 0 aliphatic carbocycles. The summed E-state index contributed by atoms with van der Waals surface area (Å²) in [7, 11) is 0. The van der Waals surface area contributed by atoms with Gasteiger partial charge in [0.25, 0.3) is 0 Å². The molecule has 7 heteroatoms. The number of hydrogen-bond donors (Lipinski definition) is 2. The second-order valence-electron chi connectivity index (χ2n) is 5.59. The Kier molecular flexibility index (Phi) is 5.56. The van der Waals surface area contributed by atoms with Gasteiger partial charge < -0.3 is 14.9 Å². The van der Waals surface area contributed by atoms with Gasteiger partial charge in [0, 0.05) is 13.0 Å². The summed E-state index contributed by atoms with van der Waals surface area (Å²) in [5, 5.41) is 18.1. The lowest BCUT2D eigenvalue weighted by Crippen LogP contribution is -2.51. The number of rotatable bonds is 5. The fraction of sp³-hybridized carbons (Fsp3) is 0.438. The molecule has 0 saturated carbocycles. The smallest absolute Gasteiger partial charge is 0.410 e. The van der Waals surface area contributed by atoms with Crippen LogP contribution in [0.5, 0.6) is 0 Å². The van der Waals surface area contributed by atoms with Gasteiger partial charge in [-0.05, 0) is 24.3 Å². The van der Waals surface area contributed by atoms with Crippen LogP contribution < -0.4 is 0 Å². The molecule has 1 aliphatic heterocycles. The number of benzene rings is 1. The van der Waals surface area contributed by atoms with Crippen molar-refractivity contribution in [1.29, 1.82) is 0 Å². The van der Waals surface area contributed by atoms with E-state index in [-0.39, 0.29) is 31.9 Å². The monoisotopic (exact) mass is 321 g/mol. The lowest BCUT2D eigenvalue weighted by molar-refractivity contribution is -0.145. The summed E-state index contributed by atoms with van der Waals surface area (Å²) in [6, 6.07) is 8.09. The third kappa shape index (κ3) is 4.70. The molecule has 1 amide bonds. The van der Waals surface area contributed by atoms with Crippen molar-refractivity contribution in [3.8, 4) is 0 Å². The predicted molar refractivity (Wildman–Crippen MR) is 79.7 cm³/mol. The molecule has 2 rings (SSSR count). The topological polar surface area (TPSA) is 104 Å². The number of carboxylic acid groups (broad SMARTS) is 2. The Labute approximate surface area is 133 Å². The van der Waals surface area contributed by atoms with Gasteiger partial charge >= 0.3 is 18.0 Å². The van der Waals surface area contributed by atoms with Crippen LogP contribution >= 0.6 is 0 Å². The summed E-state index contributed by atoms with van der Waals surface area (Å²) in [6.07, 6.45) is -0.120. The van der Waals surface area contributed by atoms with Crippen LogP contribution in [-0.2, 0) is 20.9 Å². The molecule has 1 aliphatic rings. The van der Waals surface area contributed by atoms with E-state index in [1.165, 1.54) is 0 Å². The van der Waals surface area contributed by atoms with Crippen molar-refractivity contribution in [3.63, 3.8) is 0 Å². The molecule has 0 radical (unpaired) electrons. The van der Waals surface area contributed by atoms with Crippen molar-refractivity contribution in [2.45, 2.75) is 31.9 Å². The lowest BCUT2D eigenvalue weighted by atomic mass is 9.90. The van der Waals surface area contributed by atoms with Crippen molar-refractivity contribution in [2.24, 2.45) is 5.92 Å². The van der Waals surface area contributed by atoms with Crippen LogP contribution in [0.2, 0.25) is 0 Å². The van der Waals surface area contributed by atoms with Crippen LogP contribution in [0, 0.1) is 5.92 Å². The predicted octanol–water partition coefficient (Wildman–Crippen LogP) is 1.96. The highest BCUT2D eigenvalue weighted by atomic mass is 16.6. The van der Waals surface area contributed by atoms with Gasteiger partial charge in [0.05, 0.1) is 0 Å². The van der Waals surface area contributed by atoms with Gasteiger partial charge in [-0.15, -0.1) is 0 Å². The van der Waals surface area contributed by atoms with E-state index < -0.39 is 24.1 Å². The van der Waals surface area contributed by atoms with Gasteiger partial charge in [0.15, 0.2) is 0 Å². The molecule has 2 atom stereocenters. The van der Waals surface area contributed by atoms with Crippen molar-refractivity contribution in [3.05, 3.63) is 35.9 Å². The number of carbonyl (C=O) groups is 3. The zero-order valence-corrected chi connectivity index (χ0v) is 12.6. The van der Waals surface area contributed by atoms with Crippen molar-refractivity contribution in [1.82, 2.24) is 4.90 Å². The van der Waals surface area contributed by atoms with Crippen molar-refractivity contribution < 1.29 is 29.3 Å². The van der Waals surface area contributed by atoms with Crippen molar-refractivity contribution in [2.75, 3.05) is 6.54 Å². The first-order chi connectivity index (χ1) is 11.0. The number of carboxylic acids is 2. The maximum Gasteiger partial charge on any atom is 0.410 e. The Morgan fingerprint density at radius 2 is 1.83 bits per heavy atom. The minimum Gasteiger partial charge on any atom is -0.481 e. The normalized spacial score (nSPS) is 20.8. The van der Waals surface area contributed by atoms with Gasteiger partial charge in [-0.3, -0.25) is 9.69 Å². The van der Waals surface area contributed by atoms with Gasteiger partial charge in [-0.2, -0.15) is 0 Å². The molecule has 1 heterocycles. The number of ether oxygens (including phenoxy) is 1. The highest BCUT2D eigenvalue weighted by molar-refractivity contribution is 5.80. The largest absolute Gasteiger partial charge is 0.481 e. The first kappa shape index (κ1) is 16.8. The molecule has 1 saturated heterocycles. The summed E-state index contributed by atoms with van der Waals surface area (Å²) >= 11 is 0. The van der Waals surface area contributed by atoms with E-state index in [2.05, 4.69) is 0 Å². The maximum atomic E-state index is 12.2. The van der Waals surface area contributed by atoms with E-state index in [4.69, 9.17) is 9.84 Å². The van der Waals surface area contributed by atoms with E-state index in [1.807, 2.05) is 18.2 Å². The van der Waals surface area contributed by atoms with Crippen LogP contribution in [0.4, 0.5) is 4.79 Å². The molecule has 1 fully saturated rings. The summed E-state index contributed by atoms with van der Waals surface area (Å²) in [5.74, 6) is -2.32. The minimum atomic E-state index is -1.10. The van der Waals surface area contributed by atoms with Gasteiger partial charge in [-0.25, -0.2) is 9.59 Å². The van der Waals surface area contributed by atoms with Gasteiger partial charge in [0.1, 0.15) is 12.6 Å². The molecule has 0 aromatic heterocycles. The molecule has 23 heavy (non-hydrogen) atoms. The Hall–Kier alpha value is -2.57. The molecule has 1 aromatic rings. The van der Waals surface area contributed by atoms with Gasteiger partial charge in [-0.1, -0.05) is 30.3 Å². The second-order valence-corrected chi connectivity index (χ2v) is 5.59. The lowest BCUT2D eigenvalue weighted by Gasteiger charge is -2.36. The third-order valence-corrected chi connectivity index (χ3v) is 3.87. The van der Waals surface area contributed by atoms with Gasteiger partial charge in [0.2, 0.25) is 0 Å². The zero-order valence-electron chi connectivity index (χ0n) is 12.6. The quantitative estimate of drug-likeness (QED) is 0.859. The van der Waals surface area contributed by atoms with Crippen LogP contribution in [0.1, 0.15) is 24.8 Å². The molecule has 0 spiro atoms. The molecular formula is C16H19NO6.